The van der Waals surface area contributed by atoms with E-state index >= 15 is 0 Å². The Hall–Kier alpha value is -0.0500. The van der Waals surface area contributed by atoms with Crippen molar-refractivity contribution in [1.29, 1.82) is 0 Å². The van der Waals surface area contributed by atoms with Crippen molar-refractivity contribution < 1.29 is 9.53 Å². The number of carbonyl (C=O) groups excluding carboxylic acids is 1. The number of hydrogen-bond acceptors (Lipinski definition) is 2. The molecule has 0 bridgehead atoms. The Morgan fingerprint density at radius 1 is 1.06 bits per heavy atom. The molecular formula is C14H27BrO2. The first-order valence-corrected chi connectivity index (χ1v) is 7.01. The summed E-state index contributed by atoms with van der Waals surface area (Å²) in [6.07, 6.45) is 2.38. The van der Waals surface area contributed by atoms with Crippen molar-refractivity contribution in [3.63, 3.8) is 0 Å². The van der Waals surface area contributed by atoms with Crippen molar-refractivity contribution in [2.75, 3.05) is 0 Å². The smallest absolute Gasteiger partial charge is 0.306 e. The number of esters is 1. The molecule has 0 saturated heterocycles. The minimum Gasteiger partial charge on any atom is -0.460 e. The molecular weight excluding hydrogens is 280 g/mol. The van der Waals surface area contributed by atoms with Crippen molar-refractivity contribution >= 4 is 21.9 Å². The number of hydrogen-bond donors (Lipinski definition) is 0. The molecule has 0 rings (SSSR count). The van der Waals surface area contributed by atoms with Crippen molar-refractivity contribution in [3.8, 4) is 0 Å². The van der Waals surface area contributed by atoms with Crippen LogP contribution in [0.1, 0.15) is 67.7 Å². The zero-order chi connectivity index (χ0) is 13.9. The molecule has 102 valence electrons. The molecule has 0 radical (unpaired) electrons. The van der Waals surface area contributed by atoms with Gasteiger partial charge in [0.05, 0.1) is 0 Å². The quantitative estimate of drug-likeness (QED) is 0.543. The second-order valence-corrected chi connectivity index (χ2v) is 9.29. The first-order valence-electron chi connectivity index (χ1n) is 6.22. The minimum absolute atomic E-state index is 0.0991. The maximum Gasteiger partial charge on any atom is 0.306 e. The van der Waals surface area contributed by atoms with Gasteiger partial charge < -0.3 is 4.74 Å². The minimum atomic E-state index is -0.379. The van der Waals surface area contributed by atoms with E-state index in [2.05, 4.69) is 43.6 Å². The van der Waals surface area contributed by atoms with Crippen LogP contribution < -0.4 is 0 Å². The van der Waals surface area contributed by atoms with Gasteiger partial charge in [0.1, 0.15) is 5.60 Å². The highest BCUT2D eigenvalue weighted by Gasteiger charge is 2.28. The molecule has 0 N–H and O–H groups in total. The molecule has 2 nitrogen and oxygen atoms in total. The Balaban J connectivity index is 4.15. The zero-order valence-electron chi connectivity index (χ0n) is 12.3. The maximum atomic E-state index is 11.6. The summed E-state index contributed by atoms with van der Waals surface area (Å²) in [4.78, 5) is 11.6. The van der Waals surface area contributed by atoms with Gasteiger partial charge in [-0.05, 0) is 39.0 Å². The molecule has 0 aliphatic carbocycles. The van der Waals surface area contributed by atoms with Gasteiger partial charge in [-0.3, -0.25) is 4.79 Å². The number of carbonyl (C=O) groups is 1. The highest BCUT2D eigenvalue weighted by Crippen LogP contribution is 2.36. The topological polar surface area (TPSA) is 26.3 Å². The molecule has 17 heavy (non-hydrogen) atoms. The Morgan fingerprint density at radius 3 is 1.88 bits per heavy atom. The largest absolute Gasteiger partial charge is 0.460 e. The van der Waals surface area contributed by atoms with Gasteiger partial charge in [0, 0.05) is 10.7 Å². The molecule has 0 amide bonds. The average molecular weight is 307 g/mol. The van der Waals surface area contributed by atoms with E-state index in [9.17, 15) is 4.79 Å². The van der Waals surface area contributed by atoms with Crippen molar-refractivity contribution in [1.82, 2.24) is 0 Å². The van der Waals surface area contributed by atoms with Crippen LogP contribution in [0.25, 0.3) is 0 Å². The molecule has 0 unspecified atom stereocenters. The lowest BCUT2D eigenvalue weighted by atomic mass is 9.80. The van der Waals surface area contributed by atoms with Crippen molar-refractivity contribution in [2.45, 2.75) is 77.7 Å². The summed E-state index contributed by atoms with van der Waals surface area (Å²) in [5.41, 5.74) is -0.236. The fourth-order valence-electron chi connectivity index (χ4n) is 2.06. The molecule has 0 aromatic carbocycles. The van der Waals surface area contributed by atoms with Crippen LogP contribution in [-0.4, -0.2) is 15.9 Å². The fraction of sp³-hybridized carbons (Fsp3) is 0.929. The van der Waals surface area contributed by atoms with Gasteiger partial charge in [-0.25, -0.2) is 0 Å². The summed E-state index contributed by atoms with van der Waals surface area (Å²) in [7, 11) is 0. The van der Waals surface area contributed by atoms with Gasteiger partial charge >= 0.3 is 5.97 Å². The second kappa shape index (κ2) is 5.73. The van der Waals surface area contributed by atoms with Crippen LogP contribution in [0.4, 0.5) is 0 Å². The number of alkyl halides is 1. The zero-order valence-corrected chi connectivity index (χ0v) is 13.9. The van der Waals surface area contributed by atoms with Crippen LogP contribution in [0.15, 0.2) is 0 Å². The first kappa shape index (κ1) is 16.9. The number of rotatable bonds is 5. The van der Waals surface area contributed by atoms with Crippen molar-refractivity contribution in [2.24, 2.45) is 5.41 Å². The molecule has 0 aromatic rings. The molecule has 0 aliphatic heterocycles. The lowest BCUT2D eigenvalue weighted by Gasteiger charge is -2.31. The third-order valence-corrected chi connectivity index (χ3v) is 2.61. The van der Waals surface area contributed by atoms with Gasteiger partial charge in [0.2, 0.25) is 0 Å². The van der Waals surface area contributed by atoms with Crippen molar-refractivity contribution in [3.05, 3.63) is 0 Å². The third kappa shape index (κ3) is 10.8. The van der Waals surface area contributed by atoms with E-state index in [4.69, 9.17) is 4.74 Å². The van der Waals surface area contributed by atoms with E-state index in [1.165, 1.54) is 0 Å². The molecule has 0 aliphatic rings. The molecule has 3 heteroatoms. The van der Waals surface area contributed by atoms with E-state index < -0.39 is 0 Å². The van der Waals surface area contributed by atoms with Gasteiger partial charge in [-0.2, -0.15) is 0 Å². The van der Waals surface area contributed by atoms with Crippen LogP contribution in [0.2, 0.25) is 0 Å². The Bertz CT molecular complexity index is 256. The van der Waals surface area contributed by atoms with E-state index in [-0.39, 0.29) is 21.3 Å². The van der Waals surface area contributed by atoms with Gasteiger partial charge in [0.25, 0.3) is 0 Å². The summed E-state index contributed by atoms with van der Waals surface area (Å²) in [6, 6.07) is 0. The molecule has 0 saturated carbocycles. The van der Waals surface area contributed by atoms with Gasteiger partial charge in [-0.15, -0.1) is 0 Å². The van der Waals surface area contributed by atoms with E-state index in [0.29, 0.717) is 6.42 Å². The predicted octanol–water partition coefficient (Wildman–Crippen LogP) is 4.70. The van der Waals surface area contributed by atoms with Gasteiger partial charge in [-0.1, -0.05) is 43.6 Å². The van der Waals surface area contributed by atoms with Crippen LogP contribution >= 0.6 is 15.9 Å². The lowest BCUT2D eigenvalue weighted by molar-refractivity contribution is -0.155. The lowest BCUT2D eigenvalue weighted by Crippen LogP contribution is -2.27. The highest BCUT2D eigenvalue weighted by atomic mass is 79.9. The standard InChI is InChI=1S/C14H27BrO2/c1-12(2,3)17-11(16)8-9-13(4,5)10-14(6,7)15/h8-10H2,1-7H3. The molecule has 0 atom stereocenters. The number of halogens is 1. The third-order valence-electron chi connectivity index (χ3n) is 2.32. The van der Waals surface area contributed by atoms with E-state index in [0.717, 1.165) is 12.8 Å². The summed E-state index contributed by atoms with van der Waals surface area (Å²) < 4.78 is 5.43. The van der Waals surface area contributed by atoms with Gasteiger partial charge in [0.15, 0.2) is 0 Å². The Labute approximate surface area is 115 Å². The van der Waals surface area contributed by atoms with E-state index in [1.807, 2.05) is 20.8 Å². The summed E-state index contributed by atoms with van der Waals surface area (Å²) >= 11 is 3.65. The van der Waals surface area contributed by atoms with Crippen LogP contribution in [0.3, 0.4) is 0 Å². The predicted molar refractivity (Wildman–Crippen MR) is 76.5 cm³/mol. The monoisotopic (exact) mass is 306 g/mol. The summed E-state index contributed by atoms with van der Waals surface area (Å²) in [5.74, 6) is -0.0991. The SMILES string of the molecule is CC(C)(Br)CC(C)(C)CCC(=O)OC(C)(C)C. The summed E-state index contributed by atoms with van der Waals surface area (Å²) in [5, 5.41) is 0. The Kier molecular flexibility index (Phi) is 5.71. The van der Waals surface area contributed by atoms with Crippen LogP contribution in [0, 0.1) is 5.41 Å². The van der Waals surface area contributed by atoms with E-state index in [1.54, 1.807) is 0 Å². The average Bonchev–Trinajstić information content (AvgIpc) is 1.92. The second-order valence-electron chi connectivity index (χ2n) is 7.15. The first-order chi connectivity index (χ1) is 7.31. The van der Waals surface area contributed by atoms with Crippen LogP contribution in [-0.2, 0) is 9.53 Å². The van der Waals surface area contributed by atoms with Crippen LogP contribution in [0.5, 0.6) is 0 Å². The molecule has 0 spiro atoms. The Morgan fingerprint density at radius 2 is 1.53 bits per heavy atom. The highest BCUT2D eigenvalue weighted by molar-refractivity contribution is 9.10. The maximum absolute atomic E-state index is 11.6. The molecule has 0 aromatic heterocycles. The summed E-state index contributed by atoms with van der Waals surface area (Å²) in [6.45, 7) is 14.4. The molecule has 0 fully saturated rings. The fourth-order valence-corrected chi connectivity index (χ4v) is 2.82. The normalized spacial score (nSPS) is 13.6. The number of ether oxygens (including phenoxy) is 1. The molecule has 0 heterocycles.